The highest BCUT2D eigenvalue weighted by Gasteiger charge is 2.18. The molecule has 258 valence electrons. The Balaban J connectivity index is 1.04. The fraction of sp³-hybridized carbons (Fsp3) is 0. The molecule has 55 heavy (non-hydrogen) atoms. The molecule has 0 amide bonds. The van der Waals surface area contributed by atoms with Crippen LogP contribution in [0.2, 0.25) is 0 Å². The maximum atomic E-state index is 6.49. The zero-order valence-electron chi connectivity index (χ0n) is 29.8. The highest BCUT2D eigenvalue weighted by Crippen LogP contribution is 2.42. The number of anilines is 3. The number of hydrogen-bond donors (Lipinski definition) is 0. The van der Waals surface area contributed by atoms with Gasteiger partial charge in [-0.05, 0) is 99.3 Å². The van der Waals surface area contributed by atoms with Gasteiger partial charge in [0.1, 0.15) is 11.2 Å². The molecular weight excluding hydrogens is 687 g/mol. The first-order valence-electron chi connectivity index (χ1n) is 18.7. The van der Waals surface area contributed by atoms with Gasteiger partial charge in [0, 0.05) is 53.6 Å². The zero-order chi connectivity index (χ0) is 36.3. The number of benzene rings is 9. The summed E-state index contributed by atoms with van der Waals surface area (Å²) in [6.45, 7) is 0. The van der Waals surface area contributed by atoms with Crippen LogP contribution >= 0.6 is 11.3 Å². The highest BCUT2D eigenvalue weighted by atomic mass is 32.1. The number of furan rings is 1. The van der Waals surface area contributed by atoms with E-state index in [1.807, 2.05) is 23.5 Å². The second kappa shape index (κ2) is 12.9. The van der Waals surface area contributed by atoms with Gasteiger partial charge in [-0.2, -0.15) is 0 Å². The van der Waals surface area contributed by atoms with Crippen molar-refractivity contribution >= 4 is 81.3 Å². The molecule has 0 spiro atoms. The normalized spacial score (nSPS) is 11.6. The van der Waals surface area contributed by atoms with E-state index in [1.165, 1.54) is 53.2 Å². The van der Waals surface area contributed by atoms with E-state index in [0.29, 0.717) is 0 Å². The summed E-state index contributed by atoms with van der Waals surface area (Å²) in [6.07, 6.45) is 0. The number of fused-ring (bicyclic) bond motifs is 7. The van der Waals surface area contributed by atoms with Crippen molar-refractivity contribution in [3.05, 3.63) is 200 Å². The van der Waals surface area contributed by atoms with Gasteiger partial charge in [-0.15, -0.1) is 11.3 Å². The van der Waals surface area contributed by atoms with E-state index in [2.05, 4.69) is 193 Å². The third-order valence-corrected chi connectivity index (χ3v) is 12.0. The predicted octanol–water partition coefficient (Wildman–Crippen LogP) is 15.6. The molecule has 2 aromatic heterocycles. The summed E-state index contributed by atoms with van der Waals surface area (Å²) in [5.41, 5.74) is 12.0. The van der Waals surface area contributed by atoms with Gasteiger partial charge in [0.2, 0.25) is 0 Å². The first-order chi connectivity index (χ1) is 27.2. The van der Waals surface area contributed by atoms with Gasteiger partial charge in [0.25, 0.3) is 0 Å². The molecular formula is C52H33NOS. The smallest absolute Gasteiger partial charge is 0.143 e. The maximum Gasteiger partial charge on any atom is 0.143 e. The third-order valence-electron chi connectivity index (χ3n) is 10.8. The number of hydrogen-bond acceptors (Lipinski definition) is 3. The van der Waals surface area contributed by atoms with E-state index in [-0.39, 0.29) is 0 Å². The summed E-state index contributed by atoms with van der Waals surface area (Å²) in [7, 11) is 0. The molecule has 9 aromatic carbocycles. The molecule has 2 nitrogen and oxygen atoms in total. The first-order valence-corrected chi connectivity index (χ1v) is 19.5. The van der Waals surface area contributed by atoms with Crippen LogP contribution in [0, 0.1) is 0 Å². The van der Waals surface area contributed by atoms with Gasteiger partial charge in [0.15, 0.2) is 0 Å². The minimum Gasteiger partial charge on any atom is -0.455 e. The zero-order valence-corrected chi connectivity index (χ0v) is 30.6. The Morgan fingerprint density at radius 1 is 0.345 bits per heavy atom. The van der Waals surface area contributed by atoms with Crippen molar-refractivity contribution in [2.75, 3.05) is 4.90 Å². The maximum absolute atomic E-state index is 6.49. The quantitative estimate of drug-likeness (QED) is 0.170. The topological polar surface area (TPSA) is 16.4 Å². The molecule has 0 bridgehead atoms. The molecule has 0 aliphatic rings. The average Bonchev–Trinajstić information content (AvgIpc) is 3.82. The van der Waals surface area contributed by atoms with Crippen molar-refractivity contribution < 1.29 is 4.42 Å². The third kappa shape index (κ3) is 5.48. The van der Waals surface area contributed by atoms with Gasteiger partial charge < -0.3 is 9.32 Å². The first kappa shape index (κ1) is 31.6. The Morgan fingerprint density at radius 3 is 1.84 bits per heavy atom. The fourth-order valence-electron chi connectivity index (χ4n) is 8.14. The number of thiophene rings is 1. The summed E-state index contributed by atoms with van der Waals surface area (Å²) in [5, 5.41) is 7.38. The van der Waals surface area contributed by atoms with Gasteiger partial charge >= 0.3 is 0 Å². The molecule has 0 unspecified atom stereocenters. The Kier molecular flexibility index (Phi) is 7.39. The van der Waals surface area contributed by atoms with Crippen LogP contribution in [0.25, 0.3) is 86.3 Å². The molecule has 0 saturated carbocycles. The predicted molar refractivity (Wildman–Crippen MR) is 235 cm³/mol. The van der Waals surface area contributed by atoms with Crippen LogP contribution in [-0.2, 0) is 0 Å². The average molecular weight is 720 g/mol. The summed E-state index contributed by atoms with van der Waals surface area (Å²) >= 11 is 1.86. The minimum absolute atomic E-state index is 0.903. The van der Waals surface area contributed by atoms with Crippen LogP contribution < -0.4 is 4.90 Å². The van der Waals surface area contributed by atoms with Gasteiger partial charge in [0.05, 0.1) is 0 Å². The van der Waals surface area contributed by atoms with Crippen molar-refractivity contribution in [1.82, 2.24) is 0 Å². The molecule has 2 heterocycles. The van der Waals surface area contributed by atoms with E-state index in [9.17, 15) is 0 Å². The van der Waals surface area contributed by atoms with E-state index >= 15 is 0 Å². The second-order valence-electron chi connectivity index (χ2n) is 14.1. The standard InChI is InChI=1S/C52H33NOS/c1-2-11-36-30-38(23-22-34(36)10-1)35-24-27-41(28-25-35)53(42-14-7-12-37(31-42)39-26-29-47-46-17-4-6-21-50(46)55-51(47)33-39)43-15-8-13-40(32-43)44-18-9-19-48-45-16-3-5-20-49(45)54-52(44)48/h1-33H. The largest absolute Gasteiger partial charge is 0.455 e. The summed E-state index contributed by atoms with van der Waals surface area (Å²) in [4.78, 5) is 2.37. The lowest BCUT2D eigenvalue weighted by atomic mass is 9.99. The van der Waals surface area contributed by atoms with E-state index in [0.717, 1.165) is 50.1 Å². The van der Waals surface area contributed by atoms with Crippen molar-refractivity contribution in [1.29, 1.82) is 0 Å². The molecule has 0 atom stereocenters. The van der Waals surface area contributed by atoms with E-state index < -0.39 is 0 Å². The Morgan fingerprint density at radius 2 is 0.964 bits per heavy atom. The van der Waals surface area contributed by atoms with Crippen molar-refractivity contribution in [2.24, 2.45) is 0 Å². The van der Waals surface area contributed by atoms with Gasteiger partial charge in [-0.1, -0.05) is 140 Å². The number of nitrogens with zero attached hydrogens (tertiary/aromatic N) is 1. The van der Waals surface area contributed by atoms with Crippen LogP contribution in [0.1, 0.15) is 0 Å². The molecule has 0 fully saturated rings. The molecule has 0 aliphatic carbocycles. The second-order valence-corrected chi connectivity index (χ2v) is 15.2. The fourth-order valence-corrected chi connectivity index (χ4v) is 9.28. The van der Waals surface area contributed by atoms with Gasteiger partial charge in [-0.3, -0.25) is 0 Å². The van der Waals surface area contributed by atoms with E-state index in [1.54, 1.807) is 0 Å². The van der Waals surface area contributed by atoms with Crippen molar-refractivity contribution in [2.45, 2.75) is 0 Å². The van der Waals surface area contributed by atoms with Crippen molar-refractivity contribution in [3.8, 4) is 33.4 Å². The van der Waals surface area contributed by atoms with Crippen LogP contribution in [0.15, 0.2) is 205 Å². The molecule has 3 heteroatoms. The van der Waals surface area contributed by atoms with Crippen LogP contribution in [0.3, 0.4) is 0 Å². The lowest BCUT2D eigenvalue weighted by molar-refractivity contribution is 0.670. The minimum atomic E-state index is 0.903. The molecule has 0 aliphatic heterocycles. The molecule has 11 aromatic rings. The van der Waals surface area contributed by atoms with E-state index in [4.69, 9.17) is 4.42 Å². The highest BCUT2D eigenvalue weighted by molar-refractivity contribution is 7.25. The molecule has 0 N–H and O–H groups in total. The van der Waals surface area contributed by atoms with Crippen LogP contribution in [-0.4, -0.2) is 0 Å². The van der Waals surface area contributed by atoms with Crippen LogP contribution in [0.4, 0.5) is 17.1 Å². The number of rotatable bonds is 6. The summed E-state index contributed by atoms with van der Waals surface area (Å²) in [6, 6.07) is 72.3. The Bertz CT molecular complexity index is 3220. The summed E-state index contributed by atoms with van der Waals surface area (Å²) in [5.74, 6) is 0. The Labute approximate surface area is 322 Å². The Hall–Kier alpha value is -6.94. The molecule has 0 radical (unpaired) electrons. The monoisotopic (exact) mass is 719 g/mol. The summed E-state index contributed by atoms with van der Waals surface area (Å²) < 4.78 is 9.11. The lowest BCUT2D eigenvalue weighted by Crippen LogP contribution is -2.10. The van der Waals surface area contributed by atoms with Crippen molar-refractivity contribution in [3.63, 3.8) is 0 Å². The molecule has 11 rings (SSSR count). The molecule has 0 saturated heterocycles. The van der Waals surface area contributed by atoms with Gasteiger partial charge in [-0.25, -0.2) is 0 Å². The lowest BCUT2D eigenvalue weighted by Gasteiger charge is -2.27. The SMILES string of the molecule is c1cc(-c2ccc3c(c2)sc2ccccc23)cc(N(c2ccc(-c3ccc4ccccc4c3)cc2)c2cccc(-c3cccc4c3oc3ccccc34)c2)c1. The van der Waals surface area contributed by atoms with Crippen LogP contribution in [0.5, 0.6) is 0 Å². The number of para-hydroxylation sites is 2.